The summed E-state index contributed by atoms with van der Waals surface area (Å²) in [5.74, 6) is 0.447. The monoisotopic (exact) mass is 357 g/mol. The molecule has 5 heteroatoms. The van der Waals surface area contributed by atoms with Gasteiger partial charge in [-0.1, -0.05) is 62.3 Å². The van der Waals surface area contributed by atoms with Gasteiger partial charge in [0.25, 0.3) is 0 Å². The predicted molar refractivity (Wildman–Crippen MR) is 96.4 cm³/mol. The van der Waals surface area contributed by atoms with E-state index in [0.717, 1.165) is 0 Å². The Morgan fingerprint density at radius 3 is 1.79 bits per heavy atom. The molecule has 0 aliphatic carbocycles. The molecule has 0 amide bonds. The van der Waals surface area contributed by atoms with Gasteiger partial charge in [0.2, 0.25) is 7.60 Å². The number of hydrogen-bond donors (Lipinski definition) is 0. The highest BCUT2D eigenvalue weighted by Gasteiger charge is 2.56. The zero-order valence-corrected chi connectivity index (χ0v) is 17.6. The van der Waals surface area contributed by atoms with Gasteiger partial charge >= 0.3 is 0 Å². The minimum atomic E-state index is -4.23. The lowest BCUT2D eigenvalue weighted by Crippen LogP contribution is -2.44. The van der Waals surface area contributed by atoms with E-state index in [1.54, 1.807) is 5.66 Å². The predicted octanol–water partition coefficient (Wildman–Crippen LogP) is 4.29. The van der Waals surface area contributed by atoms with Crippen LogP contribution in [-0.4, -0.2) is 18.8 Å². The lowest BCUT2D eigenvalue weighted by molar-refractivity contribution is -0.196. The third kappa shape index (κ3) is 5.09. The van der Waals surface area contributed by atoms with Crippen LogP contribution in [0.2, 0.25) is 0 Å². The van der Waals surface area contributed by atoms with Crippen molar-refractivity contribution in [1.82, 2.24) is 0 Å². The van der Waals surface area contributed by atoms with Crippen molar-refractivity contribution in [2.75, 3.05) is 6.61 Å². The molecule has 0 N–H and O–H groups in total. The van der Waals surface area contributed by atoms with E-state index < -0.39 is 7.60 Å². The molecule has 1 rings (SSSR count). The molecule has 1 aliphatic heterocycles. The van der Waals surface area contributed by atoms with Crippen LogP contribution >= 0.6 is 7.60 Å². The normalized spacial score (nSPS) is 31.5. The van der Waals surface area contributed by atoms with Crippen molar-refractivity contribution >= 4 is 7.60 Å². The second kappa shape index (κ2) is 6.76. The Morgan fingerprint density at radius 1 is 1.00 bits per heavy atom. The second-order valence-corrected chi connectivity index (χ2v) is 11.7. The van der Waals surface area contributed by atoms with Gasteiger partial charge in [-0.2, -0.15) is 0 Å². The van der Waals surface area contributed by atoms with Gasteiger partial charge in [-0.25, -0.2) is 0 Å². The Hall–Kier alpha value is -0.330. The molecular weight excluding hydrogens is 323 g/mol. The van der Waals surface area contributed by atoms with Crippen molar-refractivity contribution in [3.05, 3.63) is 0 Å². The first-order valence-electron chi connectivity index (χ1n) is 8.59. The maximum Gasteiger partial charge on any atom is 0.208 e. The highest BCUT2D eigenvalue weighted by molar-refractivity contribution is 7.56. The summed E-state index contributed by atoms with van der Waals surface area (Å²) >= 11 is 0. The van der Waals surface area contributed by atoms with Crippen molar-refractivity contribution in [2.24, 2.45) is 28.1 Å². The molecule has 0 saturated carbocycles. The van der Waals surface area contributed by atoms with E-state index in [0.29, 0.717) is 0 Å². The average molecular weight is 357 g/mol. The van der Waals surface area contributed by atoms with E-state index >= 15 is 0 Å². The summed E-state index contributed by atoms with van der Waals surface area (Å²) in [4.78, 5) is 11.6. The summed E-state index contributed by atoms with van der Waals surface area (Å²) in [7, 11) is -4.23. The van der Waals surface area contributed by atoms with E-state index in [1.807, 2.05) is 0 Å². The van der Waals surface area contributed by atoms with Gasteiger partial charge < -0.3 is 14.2 Å². The van der Waals surface area contributed by atoms with Crippen LogP contribution in [0.5, 0.6) is 0 Å². The van der Waals surface area contributed by atoms with Crippen LogP contribution in [0.1, 0.15) is 62.3 Å². The first kappa shape index (κ1) is 21.7. The average Bonchev–Trinajstić information content (AvgIpc) is 2.75. The van der Waals surface area contributed by atoms with E-state index in [1.165, 1.54) is 0 Å². The van der Waals surface area contributed by atoms with Crippen LogP contribution in [0, 0.1) is 40.2 Å². The number of terminal acetylenes is 1. The molecule has 140 valence electrons. The summed E-state index contributed by atoms with van der Waals surface area (Å²) in [5.41, 5.74) is 1.65. The van der Waals surface area contributed by atoms with Crippen LogP contribution in [0.3, 0.4) is 0 Å². The lowest BCUT2D eigenvalue weighted by atomic mass is 9.59. The van der Waals surface area contributed by atoms with Crippen molar-refractivity contribution in [3.8, 4) is 12.1 Å². The van der Waals surface area contributed by atoms with Crippen LogP contribution in [0.4, 0.5) is 0 Å². The molecular formula is C19H34O4P-. The first-order chi connectivity index (χ1) is 10.5. The first-order valence-corrected chi connectivity index (χ1v) is 10.1. The number of rotatable bonds is 3. The standard InChI is InChI=1S/C19H35O4P/c1-11-24(20,21)22-12-13-14(17(2,3)4)15(18(5,6)7)16(23-13)19(8,9)10/h1,13-16H,12H2,2-10H3,(H,20,21)/p-1/t13-,14?,15+,16-/m1/s1. The zero-order chi connectivity index (χ0) is 19.1. The van der Waals surface area contributed by atoms with Gasteiger partial charge in [0.15, 0.2) is 0 Å². The Kier molecular flexibility index (Phi) is 6.12. The zero-order valence-electron chi connectivity index (χ0n) is 16.7. The third-order valence-corrected chi connectivity index (χ3v) is 5.66. The topological polar surface area (TPSA) is 58.6 Å². The van der Waals surface area contributed by atoms with Gasteiger partial charge in [0.1, 0.15) is 0 Å². The van der Waals surface area contributed by atoms with Gasteiger partial charge in [-0.05, 0) is 33.7 Å². The summed E-state index contributed by atoms with van der Waals surface area (Å²) in [6.07, 6.45) is 4.74. The molecule has 1 saturated heterocycles. The van der Waals surface area contributed by atoms with E-state index in [-0.39, 0.29) is 46.9 Å². The maximum atomic E-state index is 11.6. The number of ether oxygens (including phenoxy) is 1. The molecule has 1 heterocycles. The van der Waals surface area contributed by atoms with Crippen molar-refractivity contribution in [1.29, 1.82) is 0 Å². The van der Waals surface area contributed by atoms with E-state index in [2.05, 4.69) is 62.3 Å². The minimum Gasteiger partial charge on any atom is -0.769 e. The molecule has 0 bridgehead atoms. The third-order valence-electron chi connectivity index (χ3n) is 4.86. The smallest absolute Gasteiger partial charge is 0.208 e. The highest BCUT2D eigenvalue weighted by atomic mass is 31.2. The molecule has 2 unspecified atom stereocenters. The van der Waals surface area contributed by atoms with Crippen molar-refractivity contribution < 1.29 is 18.7 Å². The molecule has 0 radical (unpaired) electrons. The van der Waals surface area contributed by atoms with E-state index in [9.17, 15) is 9.46 Å². The molecule has 24 heavy (non-hydrogen) atoms. The Labute approximate surface area is 148 Å². The molecule has 1 fully saturated rings. The summed E-state index contributed by atoms with van der Waals surface area (Å²) in [5, 5.41) is 0. The van der Waals surface area contributed by atoms with Crippen molar-refractivity contribution in [2.45, 2.75) is 74.5 Å². The Balaban J connectivity index is 3.24. The fraction of sp³-hybridized carbons (Fsp3) is 0.895. The van der Waals surface area contributed by atoms with E-state index in [4.69, 9.17) is 15.7 Å². The van der Waals surface area contributed by atoms with Crippen molar-refractivity contribution in [3.63, 3.8) is 0 Å². The summed E-state index contributed by atoms with van der Waals surface area (Å²) in [6.45, 7) is 19.7. The van der Waals surface area contributed by atoms with Crippen LogP contribution in [0.15, 0.2) is 0 Å². The molecule has 0 aromatic heterocycles. The fourth-order valence-corrected chi connectivity index (χ4v) is 4.38. The Morgan fingerprint density at radius 2 is 1.46 bits per heavy atom. The lowest BCUT2D eigenvalue weighted by Gasteiger charge is -2.44. The Bertz CT molecular complexity index is 528. The quantitative estimate of drug-likeness (QED) is 0.559. The van der Waals surface area contributed by atoms with Crippen LogP contribution in [-0.2, 0) is 13.8 Å². The maximum absolute atomic E-state index is 11.6. The highest BCUT2D eigenvalue weighted by Crippen LogP contribution is 2.55. The summed E-state index contributed by atoms with van der Waals surface area (Å²) in [6, 6.07) is 0. The van der Waals surface area contributed by atoms with Gasteiger partial charge in [-0.15, -0.1) is 6.42 Å². The summed E-state index contributed by atoms with van der Waals surface area (Å²) < 4.78 is 23.0. The largest absolute Gasteiger partial charge is 0.769 e. The fourth-order valence-electron chi connectivity index (χ4n) is 3.96. The number of hydrogen-bond acceptors (Lipinski definition) is 4. The van der Waals surface area contributed by atoms with Crippen LogP contribution in [0.25, 0.3) is 0 Å². The molecule has 0 spiro atoms. The molecule has 4 nitrogen and oxygen atoms in total. The van der Waals surface area contributed by atoms with Crippen LogP contribution < -0.4 is 4.89 Å². The molecule has 1 aliphatic rings. The van der Waals surface area contributed by atoms with Gasteiger partial charge in [0.05, 0.1) is 18.8 Å². The molecule has 0 aromatic rings. The second-order valence-electron chi connectivity index (χ2n) is 10.2. The minimum absolute atomic E-state index is 0.0206. The SMILES string of the molecule is C#CP(=O)([O-])OC[C@H]1O[C@@H](C(C)(C)C)[C@@H](C(C)(C)C)C1C(C)(C)C. The molecule has 0 aromatic carbocycles. The van der Waals surface area contributed by atoms with Gasteiger partial charge in [-0.3, -0.25) is 4.57 Å². The molecule has 5 atom stereocenters. The van der Waals surface area contributed by atoms with Gasteiger partial charge in [0, 0.05) is 0 Å².